The van der Waals surface area contributed by atoms with Crippen LogP contribution in [0, 0.1) is 12.8 Å². The fourth-order valence-corrected chi connectivity index (χ4v) is 5.79. The highest BCUT2D eigenvalue weighted by Gasteiger charge is 2.30. The summed E-state index contributed by atoms with van der Waals surface area (Å²) in [5.74, 6) is -0.175. The molecule has 2 heterocycles. The summed E-state index contributed by atoms with van der Waals surface area (Å²) in [6, 6.07) is 5.03. The molecule has 6 nitrogen and oxygen atoms in total. The molecule has 156 valence electrons. The van der Waals surface area contributed by atoms with Gasteiger partial charge in [0.2, 0.25) is 0 Å². The van der Waals surface area contributed by atoms with E-state index in [0.717, 1.165) is 29.7 Å². The molecule has 1 unspecified atom stereocenters. The van der Waals surface area contributed by atoms with Gasteiger partial charge in [-0.25, -0.2) is 0 Å². The van der Waals surface area contributed by atoms with Crippen LogP contribution in [0.3, 0.4) is 0 Å². The third-order valence-electron chi connectivity index (χ3n) is 5.27. The predicted molar refractivity (Wildman–Crippen MR) is 119 cm³/mol. The van der Waals surface area contributed by atoms with Crippen molar-refractivity contribution in [1.29, 1.82) is 0 Å². The van der Waals surface area contributed by atoms with E-state index >= 15 is 0 Å². The molecule has 1 aliphatic rings. The first-order valence-electron chi connectivity index (χ1n) is 9.44. The molecule has 1 aromatic carbocycles. The van der Waals surface area contributed by atoms with E-state index in [-0.39, 0.29) is 11.3 Å². The highest BCUT2D eigenvalue weighted by atomic mass is 35.5. The van der Waals surface area contributed by atoms with E-state index in [1.807, 2.05) is 0 Å². The largest absolute Gasteiger partial charge is 0.365 e. The molecular formula is C21H19Cl2N3O3S. The van der Waals surface area contributed by atoms with Crippen molar-refractivity contribution in [3.63, 3.8) is 0 Å². The lowest BCUT2D eigenvalue weighted by molar-refractivity contribution is 0.1000. The van der Waals surface area contributed by atoms with E-state index in [0.29, 0.717) is 37.9 Å². The van der Waals surface area contributed by atoms with Gasteiger partial charge in [-0.15, -0.1) is 11.3 Å². The number of fused-ring (bicyclic) bond motifs is 1. The molecule has 1 aliphatic carbocycles. The minimum atomic E-state index is -0.547. The molecule has 1 atom stereocenters. The van der Waals surface area contributed by atoms with Crippen molar-refractivity contribution in [2.45, 2.75) is 33.1 Å². The number of hydrogen-bond acceptors (Lipinski definition) is 5. The van der Waals surface area contributed by atoms with E-state index in [1.165, 1.54) is 11.3 Å². The number of aromatic nitrogens is 1. The van der Waals surface area contributed by atoms with E-state index in [4.69, 9.17) is 33.5 Å². The molecule has 0 saturated heterocycles. The van der Waals surface area contributed by atoms with Gasteiger partial charge < -0.3 is 15.6 Å². The second kappa shape index (κ2) is 8.06. The van der Waals surface area contributed by atoms with Crippen molar-refractivity contribution >= 4 is 51.4 Å². The molecule has 0 bridgehead atoms. The molecule has 0 saturated carbocycles. The standard InChI is InChI=1S/C21H19Cl2N3O3S/c1-9-6-7-11-14(8-9)30-21(16(11)19(24)27)25-20(28)15-10(2)29-26-18(15)17-12(22)4-3-5-13(17)23/h3-5,9H,6-8H2,1-2H3,(H2,24,27)(H,25,28). The number of nitrogens with one attached hydrogen (secondary N) is 1. The summed E-state index contributed by atoms with van der Waals surface area (Å²) in [4.78, 5) is 26.5. The average molecular weight is 464 g/mol. The van der Waals surface area contributed by atoms with Crippen molar-refractivity contribution in [3.05, 3.63) is 55.6 Å². The van der Waals surface area contributed by atoms with Crippen LogP contribution < -0.4 is 11.1 Å². The molecule has 9 heteroatoms. The first-order valence-corrected chi connectivity index (χ1v) is 11.0. The maximum absolute atomic E-state index is 13.2. The first kappa shape index (κ1) is 20.9. The minimum absolute atomic E-state index is 0.208. The van der Waals surface area contributed by atoms with Crippen LogP contribution in [-0.4, -0.2) is 17.0 Å². The lowest BCUT2D eigenvalue weighted by Gasteiger charge is -2.18. The summed E-state index contributed by atoms with van der Waals surface area (Å²) < 4.78 is 5.28. The zero-order valence-electron chi connectivity index (χ0n) is 16.3. The number of amides is 2. The summed E-state index contributed by atoms with van der Waals surface area (Å²) in [5, 5.41) is 8.01. The number of thiophene rings is 1. The Kier molecular flexibility index (Phi) is 5.61. The van der Waals surface area contributed by atoms with Gasteiger partial charge in [0, 0.05) is 10.4 Å². The van der Waals surface area contributed by atoms with E-state index < -0.39 is 11.8 Å². The number of nitrogens with two attached hydrogens (primary N) is 1. The maximum atomic E-state index is 13.2. The van der Waals surface area contributed by atoms with Crippen LogP contribution in [0.15, 0.2) is 22.7 Å². The third-order valence-corrected chi connectivity index (χ3v) is 7.07. The number of nitrogens with zero attached hydrogens (tertiary/aromatic N) is 1. The Bertz CT molecular complexity index is 1150. The molecule has 2 aromatic heterocycles. The highest BCUT2D eigenvalue weighted by molar-refractivity contribution is 7.17. The Morgan fingerprint density at radius 2 is 1.97 bits per heavy atom. The number of carbonyl (C=O) groups is 2. The van der Waals surface area contributed by atoms with Crippen LogP contribution in [-0.2, 0) is 12.8 Å². The Labute approximate surface area is 187 Å². The summed E-state index contributed by atoms with van der Waals surface area (Å²) >= 11 is 14.0. The lowest BCUT2D eigenvalue weighted by atomic mass is 9.88. The minimum Gasteiger partial charge on any atom is -0.365 e. The van der Waals surface area contributed by atoms with Crippen LogP contribution in [0.1, 0.15) is 50.3 Å². The van der Waals surface area contributed by atoms with Crippen LogP contribution >= 0.6 is 34.5 Å². The summed E-state index contributed by atoms with van der Waals surface area (Å²) in [6.07, 6.45) is 2.62. The number of primary amides is 1. The molecule has 0 aliphatic heterocycles. The van der Waals surface area contributed by atoms with Crippen LogP contribution in [0.25, 0.3) is 11.3 Å². The second-order valence-corrected chi connectivity index (χ2v) is 9.35. The average Bonchev–Trinajstić information content (AvgIpc) is 3.21. The quantitative estimate of drug-likeness (QED) is 0.533. The van der Waals surface area contributed by atoms with Crippen molar-refractivity contribution in [2.24, 2.45) is 11.7 Å². The monoisotopic (exact) mass is 463 g/mol. The fourth-order valence-electron chi connectivity index (χ4n) is 3.80. The summed E-state index contributed by atoms with van der Waals surface area (Å²) in [6.45, 7) is 3.80. The molecular weight excluding hydrogens is 445 g/mol. The van der Waals surface area contributed by atoms with Crippen molar-refractivity contribution < 1.29 is 14.1 Å². The molecule has 0 spiro atoms. The highest BCUT2D eigenvalue weighted by Crippen LogP contribution is 2.41. The van der Waals surface area contributed by atoms with Gasteiger partial charge in [0.15, 0.2) is 0 Å². The maximum Gasteiger partial charge on any atom is 0.262 e. The second-order valence-electron chi connectivity index (χ2n) is 7.43. The van der Waals surface area contributed by atoms with Gasteiger partial charge in [-0.05, 0) is 49.8 Å². The smallest absolute Gasteiger partial charge is 0.262 e. The van der Waals surface area contributed by atoms with Crippen molar-refractivity contribution in [1.82, 2.24) is 5.16 Å². The molecule has 30 heavy (non-hydrogen) atoms. The Morgan fingerprint density at radius 1 is 1.27 bits per heavy atom. The van der Waals surface area contributed by atoms with Gasteiger partial charge in [-0.3, -0.25) is 9.59 Å². The zero-order chi connectivity index (χ0) is 21.6. The van der Waals surface area contributed by atoms with Gasteiger partial charge in [-0.1, -0.05) is 41.3 Å². The number of rotatable bonds is 4. The van der Waals surface area contributed by atoms with Crippen molar-refractivity contribution in [2.75, 3.05) is 5.32 Å². The molecule has 2 amide bonds. The summed E-state index contributed by atoms with van der Waals surface area (Å²) in [5.41, 5.74) is 7.85. The molecule has 4 rings (SSSR count). The van der Waals surface area contributed by atoms with Gasteiger partial charge in [0.25, 0.3) is 11.8 Å². The molecule has 3 N–H and O–H groups in total. The Balaban J connectivity index is 1.75. The van der Waals surface area contributed by atoms with Gasteiger partial charge >= 0.3 is 0 Å². The molecule has 3 aromatic rings. The van der Waals surface area contributed by atoms with Gasteiger partial charge in [0.1, 0.15) is 22.0 Å². The Morgan fingerprint density at radius 3 is 2.63 bits per heavy atom. The Hall–Kier alpha value is -2.35. The van der Waals surface area contributed by atoms with E-state index in [1.54, 1.807) is 25.1 Å². The van der Waals surface area contributed by atoms with Crippen LogP contribution in [0.5, 0.6) is 0 Å². The molecule has 0 fully saturated rings. The number of hydrogen-bond donors (Lipinski definition) is 2. The number of aryl methyl sites for hydroxylation is 1. The van der Waals surface area contributed by atoms with Gasteiger partial charge in [0.05, 0.1) is 15.6 Å². The number of halogens is 2. The van der Waals surface area contributed by atoms with Crippen LogP contribution in [0.4, 0.5) is 5.00 Å². The van der Waals surface area contributed by atoms with E-state index in [2.05, 4.69) is 17.4 Å². The van der Waals surface area contributed by atoms with Crippen molar-refractivity contribution in [3.8, 4) is 11.3 Å². The zero-order valence-corrected chi connectivity index (χ0v) is 18.7. The topological polar surface area (TPSA) is 98.2 Å². The normalized spacial score (nSPS) is 15.7. The van der Waals surface area contributed by atoms with E-state index in [9.17, 15) is 9.59 Å². The number of anilines is 1. The number of benzene rings is 1. The predicted octanol–water partition coefficient (Wildman–Crippen LogP) is 5.49. The lowest BCUT2D eigenvalue weighted by Crippen LogP contribution is -2.19. The number of carbonyl (C=O) groups excluding carboxylic acids is 2. The first-order chi connectivity index (χ1) is 14.3. The SMILES string of the molecule is Cc1onc(-c2c(Cl)cccc2Cl)c1C(=O)Nc1sc2c(c1C(N)=O)CCC(C)C2. The third kappa shape index (κ3) is 3.62. The molecule has 0 radical (unpaired) electrons. The van der Waals surface area contributed by atoms with Crippen LogP contribution in [0.2, 0.25) is 10.0 Å². The van der Waals surface area contributed by atoms with Gasteiger partial charge in [-0.2, -0.15) is 0 Å². The summed E-state index contributed by atoms with van der Waals surface area (Å²) in [7, 11) is 0. The fraction of sp³-hybridized carbons (Fsp3) is 0.286.